The number of nitriles is 1. The lowest BCUT2D eigenvalue weighted by Gasteiger charge is -2.08. The van der Waals surface area contributed by atoms with Gasteiger partial charge in [0.2, 0.25) is 11.5 Å². The van der Waals surface area contributed by atoms with Crippen molar-refractivity contribution in [2.24, 2.45) is 0 Å². The molecule has 25 heavy (non-hydrogen) atoms. The number of benzene rings is 2. The van der Waals surface area contributed by atoms with E-state index in [4.69, 9.17) is 0 Å². The third-order valence-electron chi connectivity index (χ3n) is 4.41. The summed E-state index contributed by atoms with van der Waals surface area (Å²) in [5.41, 5.74) is 5.72. The zero-order valence-corrected chi connectivity index (χ0v) is 14.1. The molecule has 2 heterocycles. The molecule has 0 bridgehead atoms. The second-order valence-corrected chi connectivity index (χ2v) is 6.11. The summed E-state index contributed by atoms with van der Waals surface area (Å²) in [5.74, 6) is 0.959. The van der Waals surface area contributed by atoms with Crippen LogP contribution in [0.4, 0.5) is 11.5 Å². The van der Waals surface area contributed by atoms with Gasteiger partial charge in [0.05, 0.1) is 5.69 Å². The van der Waals surface area contributed by atoms with Gasteiger partial charge in [-0.05, 0) is 36.2 Å². The predicted molar refractivity (Wildman–Crippen MR) is 99.9 cm³/mol. The van der Waals surface area contributed by atoms with Gasteiger partial charge in [-0.15, -0.1) is 0 Å². The van der Waals surface area contributed by atoms with Gasteiger partial charge in [0, 0.05) is 6.07 Å². The standard InChI is InChI=1S/C21H18N4/c1-2-8-15-13-20(23-16-9-4-3-5-10-16)25-19-12-7-6-11-18(19)24-21(25)17(15)14-22/h3-7,9-13H,2,8H2,1H3,(H,23,24)/p+1. The number of para-hydroxylation sites is 3. The third kappa shape index (κ3) is 2.60. The lowest BCUT2D eigenvalue weighted by molar-refractivity contribution is -0.464. The molecule has 4 nitrogen and oxygen atoms in total. The Morgan fingerprint density at radius 3 is 2.60 bits per heavy atom. The number of anilines is 2. The van der Waals surface area contributed by atoms with Crippen molar-refractivity contribution in [3.63, 3.8) is 0 Å². The first-order valence-corrected chi connectivity index (χ1v) is 8.52. The quantitative estimate of drug-likeness (QED) is 0.543. The van der Waals surface area contributed by atoms with Crippen LogP contribution >= 0.6 is 0 Å². The highest BCUT2D eigenvalue weighted by Gasteiger charge is 2.21. The smallest absolute Gasteiger partial charge is 0.250 e. The van der Waals surface area contributed by atoms with Crippen LogP contribution < -0.4 is 9.72 Å². The number of nitrogens with zero attached hydrogens (tertiary/aromatic N) is 2. The van der Waals surface area contributed by atoms with Crippen LogP contribution in [0.25, 0.3) is 16.7 Å². The highest BCUT2D eigenvalue weighted by molar-refractivity contribution is 5.77. The van der Waals surface area contributed by atoms with Gasteiger partial charge in [-0.1, -0.05) is 43.7 Å². The van der Waals surface area contributed by atoms with E-state index in [2.05, 4.69) is 39.8 Å². The van der Waals surface area contributed by atoms with Crippen LogP contribution in [0.1, 0.15) is 24.5 Å². The molecular weight excluding hydrogens is 308 g/mol. The summed E-state index contributed by atoms with van der Waals surface area (Å²) in [5, 5.41) is 13.3. The van der Waals surface area contributed by atoms with Gasteiger partial charge >= 0.3 is 0 Å². The van der Waals surface area contributed by atoms with Gasteiger partial charge < -0.3 is 0 Å². The van der Waals surface area contributed by atoms with Crippen molar-refractivity contribution in [1.29, 1.82) is 5.26 Å². The van der Waals surface area contributed by atoms with E-state index < -0.39 is 0 Å². The fourth-order valence-electron chi connectivity index (χ4n) is 3.31. The van der Waals surface area contributed by atoms with Gasteiger partial charge in [-0.25, -0.2) is 0 Å². The van der Waals surface area contributed by atoms with E-state index in [9.17, 15) is 5.26 Å². The van der Waals surface area contributed by atoms with Gasteiger partial charge in [0.15, 0.2) is 0 Å². The zero-order chi connectivity index (χ0) is 17.2. The Morgan fingerprint density at radius 1 is 1.08 bits per heavy atom. The third-order valence-corrected chi connectivity index (χ3v) is 4.41. The molecule has 0 aliphatic heterocycles. The molecule has 0 radical (unpaired) electrons. The second-order valence-electron chi connectivity index (χ2n) is 6.11. The topological polar surface area (TPSA) is 55.7 Å². The predicted octanol–water partition coefficient (Wildman–Crippen LogP) is 4.47. The Labute approximate surface area is 146 Å². The molecule has 0 atom stereocenters. The van der Waals surface area contributed by atoms with Crippen molar-refractivity contribution in [3.8, 4) is 6.07 Å². The first kappa shape index (κ1) is 15.2. The fourth-order valence-corrected chi connectivity index (χ4v) is 3.31. The van der Waals surface area contributed by atoms with Gasteiger partial charge in [0.25, 0.3) is 0 Å². The van der Waals surface area contributed by atoms with E-state index in [0.29, 0.717) is 0 Å². The molecule has 4 heteroatoms. The fraction of sp³-hybridized carbons (Fsp3) is 0.143. The van der Waals surface area contributed by atoms with Crippen LogP contribution in [0, 0.1) is 11.3 Å². The molecule has 0 unspecified atom stereocenters. The summed E-state index contributed by atoms with van der Waals surface area (Å²) in [6.07, 6.45) is 1.87. The second kappa shape index (κ2) is 6.29. The largest absolute Gasteiger partial charge is 0.273 e. The van der Waals surface area contributed by atoms with Crippen molar-refractivity contribution in [2.75, 3.05) is 5.32 Å². The minimum Gasteiger partial charge on any atom is -0.273 e. The maximum absolute atomic E-state index is 9.75. The maximum Gasteiger partial charge on any atom is 0.250 e. The SMILES string of the molecule is CCCc1cc(Nc2ccccc2)[n+]2c([nH]c3ccccc32)c1C#N. The van der Waals surface area contributed by atoms with Crippen LogP contribution in [0.3, 0.4) is 0 Å². The molecule has 2 aromatic heterocycles. The normalized spacial score (nSPS) is 10.9. The molecule has 0 saturated carbocycles. The van der Waals surface area contributed by atoms with Crippen molar-refractivity contribution < 1.29 is 4.40 Å². The molecule has 4 rings (SSSR count). The van der Waals surface area contributed by atoms with E-state index in [1.807, 2.05) is 48.5 Å². The highest BCUT2D eigenvalue weighted by atomic mass is 15.1. The van der Waals surface area contributed by atoms with Crippen LogP contribution in [0.15, 0.2) is 60.7 Å². The number of rotatable bonds is 4. The lowest BCUT2D eigenvalue weighted by atomic mass is 10.1. The molecule has 0 aliphatic carbocycles. The molecule has 2 aromatic carbocycles. The van der Waals surface area contributed by atoms with Crippen molar-refractivity contribution in [3.05, 3.63) is 71.8 Å². The Morgan fingerprint density at radius 2 is 1.84 bits per heavy atom. The van der Waals surface area contributed by atoms with E-state index >= 15 is 0 Å². The summed E-state index contributed by atoms with van der Waals surface area (Å²) in [4.78, 5) is 3.42. The first-order chi connectivity index (χ1) is 12.3. The van der Waals surface area contributed by atoms with E-state index in [0.717, 1.165) is 52.2 Å². The van der Waals surface area contributed by atoms with Crippen LogP contribution in [0.5, 0.6) is 0 Å². The number of aromatic nitrogens is 2. The van der Waals surface area contributed by atoms with E-state index in [1.165, 1.54) is 0 Å². The molecule has 0 fully saturated rings. The van der Waals surface area contributed by atoms with Crippen molar-refractivity contribution in [2.45, 2.75) is 19.8 Å². The summed E-state index contributed by atoms with van der Waals surface area (Å²) < 4.78 is 2.10. The maximum atomic E-state index is 9.75. The molecule has 122 valence electrons. The minimum atomic E-state index is 0.719. The number of imidazole rings is 1. The number of hydrogen-bond acceptors (Lipinski definition) is 2. The first-order valence-electron chi connectivity index (χ1n) is 8.52. The molecular formula is C21H19N4+. The van der Waals surface area contributed by atoms with Crippen LogP contribution in [0.2, 0.25) is 0 Å². The van der Waals surface area contributed by atoms with Gasteiger partial charge in [0.1, 0.15) is 22.7 Å². The number of H-pyrrole nitrogens is 1. The van der Waals surface area contributed by atoms with Crippen molar-refractivity contribution in [1.82, 2.24) is 4.98 Å². The van der Waals surface area contributed by atoms with E-state index in [1.54, 1.807) is 0 Å². The summed E-state index contributed by atoms with van der Waals surface area (Å²) >= 11 is 0. The number of aryl methyl sites for hydroxylation is 1. The Hall–Kier alpha value is -3.32. The highest BCUT2D eigenvalue weighted by Crippen LogP contribution is 2.23. The van der Waals surface area contributed by atoms with Gasteiger partial charge in [-0.2, -0.15) is 9.66 Å². The number of pyridine rings is 1. The summed E-state index contributed by atoms with van der Waals surface area (Å²) in [6.45, 7) is 2.13. The molecule has 0 amide bonds. The summed E-state index contributed by atoms with van der Waals surface area (Å²) in [7, 11) is 0. The van der Waals surface area contributed by atoms with Crippen LogP contribution in [-0.4, -0.2) is 4.98 Å². The monoisotopic (exact) mass is 327 g/mol. The van der Waals surface area contributed by atoms with Gasteiger partial charge in [-0.3, -0.25) is 10.3 Å². The molecule has 4 aromatic rings. The molecule has 0 saturated heterocycles. The minimum absolute atomic E-state index is 0.719. The summed E-state index contributed by atoms with van der Waals surface area (Å²) in [6, 6.07) is 22.7. The van der Waals surface area contributed by atoms with Crippen LogP contribution in [-0.2, 0) is 6.42 Å². The Bertz CT molecular complexity index is 1090. The number of nitrogens with one attached hydrogen (secondary N) is 2. The Balaban J connectivity index is 2.04. The Kier molecular flexibility index (Phi) is 3.83. The number of hydrogen-bond donors (Lipinski definition) is 2. The zero-order valence-electron chi connectivity index (χ0n) is 14.1. The van der Waals surface area contributed by atoms with E-state index in [-0.39, 0.29) is 0 Å². The average molecular weight is 327 g/mol. The number of fused-ring (bicyclic) bond motifs is 3. The molecule has 0 aliphatic rings. The lowest BCUT2D eigenvalue weighted by Crippen LogP contribution is -2.26. The van der Waals surface area contributed by atoms with Crippen molar-refractivity contribution >= 4 is 28.2 Å². The molecule has 2 N–H and O–H groups in total. The molecule has 0 spiro atoms. The average Bonchev–Trinajstić information content (AvgIpc) is 3.02. The number of aromatic amines is 1.